The average molecular weight is 456 g/mol. The number of sulfonamides is 1. The van der Waals surface area contributed by atoms with Crippen molar-refractivity contribution in [2.45, 2.75) is 24.8 Å². The zero-order chi connectivity index (χ0) is 22.1. The van der Waals surface area contributed by atoms with E-state index in [1.165, 1.54) is 22.8 Å². The first kappa shape index (κ1) is 21.8. The first-order valence-electron chi connectivity index (χ1n) is 10.2. The Labute approximate surface area is 179 Å². The van der Waals surface area contributed by atoms with Gasteiger partial charge in [0.15, 0.2) is 0 Å². The van der Waals surface area contributed by atoms with Crippen molar-refractivity contribution in [3.05, 3.63) is 47.8 Å². The molecule has 0 atom stereocenters. The largest absolute Gasteiger partial charge is 0.416 e. The van der Waals surface area contributed by atoms with Crippen LogP contribution in [0.15, 0.2) is 36.7 Å². The van der Waals surface area contributed by atoms with Crippen molar-refractivity contribution in [3.63, 3.8) is 0 Å². The van der Waals surface area contributed by atoms with E-state index in [0.717, 1.165) is 49.7 Å². The highest BCUT2D eigenvalue weighted by Crippen LogP contribution is 2.29. The minimum atomic E-state index is -4.44. The van der Waals surface area contributed by atoms with Crippen molar-refractivity contribution < 1.29 is 21.6 Å². The summed E-state index contributed by atoms with van der Waals surface area (Å²) < 4.78 is 65.0. The second kappa shape index (κ2) is 8.62. The predicted molar refractivity (Wildman–Crippen MR) is 111 cm³/mol. The third kappa shape index (κ3) is 5.09. The molecule has 0 spiro atoms. The van der Waals surface area contributed by atoms with Crippen molar-refractivity contribution in [2.24, 2.45) is 0 Å². The molecule has 31 heavy (non-hydrogen) atoms. The molecule has 1 aromatic heterocycles. The molecule has 0 unspecified atom stereocenters. The number of aromatic nitrogens is 2. The number of piperazine rings is 1. The molecule has 7 nitrogen and oxygen atoms in total. The number of nitrogens with zero attached hydrogens (tertiary/aromatic N) is 5. The van der Waals surface area contributed by atoms with E-state index in [9.17, 15) is 21.6 Å². The zero-order valence-corrected chi connectivity index (χ0v) is 17.7. The summed E-state index contributed by atoms with van der Waals surface area (Å²) in [5.74, 6) is 1.34. The van der Waals surface area contributed by atoms with Crippen LogP contribution in [0.1, 0.15) is 24.0 Å². The lowest BCUT2D eigenvalue weighted by Crippen LogP contribution is -2.49. The fraction of sp³-hybridized carbons (Fsp3) is 0.500. The summed E-state index contributed by atoms with van der Waals surface area (Å²) in [6.45, 7) is 3.53. The molecule has 168 valence electrons. The van der Waals surface area contributed by atoms with Crippen LogP contribution in [0.4, 0.5) is 24.8 Å². The number of alkyl halides is 3. The molecule has 2 aliphatic heterocycles. The van der Waals surface area contributed by atoms with Crippen LogP contribution in [-0.2, 0) is 22.0 Å². The van der Waals surface area contributed by atoms with Crippen molar-refractivity contribution in [3.8, 4) is 0 Å². The van der Waals surface area contributed by atoms with Gasteiger partial charge in [-0.1, -0.05) is 12.1 Å². The molecule has 1 aromatic carbocycles. The predicted octanol–water partition coefficient (Wildman–Crippen LogP) is 2.75. The summed E-state index contributed by atoms with van der Waals surface area (Å²) in [5.41, 5.74) is -0.457. The molecule has 0 aliphatic carbocycles. The smallest absolute Gasteiger partial charge is 0.356 e. The van der Waals surface area contributed by atoms with Crippen molar-refractivity contribution in [1.29, 1.82) is 0 Å². The van der Waals surface area contributed by atoms with Crippen LogP contribution < -0.4 is 9.80 Å². The third-order valence-corrected chi connectivity index (χ3v) is 7.50. The summed E-state index contributed by atoms with van der Waals surface area (Å²) in [7, 11) is -3.63. The minimum absolute atomic E-state index is 0.298. The molecule has 2 fully saturated rings. The van der Waals surface area contributed by atoms with Gasteiger partial charge in [-0.2, -0.15) is 17.5 Å². The van der Waals surface area contributed by atoms with Gasteiger partial charge in [-0.05, 0) is 30.5 Å². The highest BCUT2D eigenvalue weighted by Gasteiger charge is 2.31. The third-order valence-electron chi connectivity index (χ3n) is 5.65. The van der Waals surface area contributed by atoms with Gasteiger partial charge in [-0.25, -0.2) is 18.4 Å². The number of rotatable bonds is 5. The van der Waals surface area contributed by atoms with E-state index < -0.39 is 21.8 Å². The summed E-state index contributed by atoms with van der Waals surface area (Å²) in [5, 5.41) is 0. The molecular weight excluding hydrogens is 431 g/mol. The highest BCUT2D eigenvalue weighted by molar-refractivity contribution is 7.88. The lowest BCUT2D eigenvalue weighted by Gasteiger charge is -2.35. The maximum atomic E-state index is 12.8. The lowest BCUT2D eigenvalue weighted by molar-refractivity contribution is -0.137. The van der Waals surface area contributed by atoms with Gasteiger partial charge >= 0.3 is 6.18 Å². The molecule has 0 bridgehead atoms. The Balaban J connectivity index is 1.37. The Morgan fingerprint density at radius 1 is 0.839 bits per heavy atom. The fourth-order valence-electron chi connectivity index (χ4n) is 3.92. The molecule has 2 aromatic rings. The van der Waals surface area contributed by atoms with Crippen LogP contribution >= 0.6 is 0 Å². The highest BCUT2D eigenvalue weighted by atomic mass is 32.2. The molecular formula is C20H24F3N5O2S. The van der Waals surface area contributed by atoms with Crippen LogP contribution in [0, 0.1) is 0 Å². The molecule has 2 aliphatic rings. The second-order valence-electron chi connectivity index (χ2n) is 7.77. The van der Waals surface area contributed by atoms with Crippen molar-refractivity contribution in [2.75, 3.05) is 49.1 Å². The molecule has 0 amide bonds. The molecule has 0 saturated carbocycles. The number of hydrogen-bond donors (Lipinski definition) is 0. The number of halogens is 3. The van der Waals surface area contributed by atoms with E-state index in [4.69, 9.17) is 0 Å². The molecule has 0 radical (unpaired) electrons. The SMILES string of the molecule is O=S(=O)(Cc1ccc(C(F)(F)F)cc1)N1CCN(c2cc(N3CCCC3)ncn2)CC1. The Hall–Kier alpha value is -2.40. The first-order valence-corrected chi connectivity index (χ1v) is 11.8. The van der Waals surface area contributed by atoms with E-state index in [2.05, 4.69) is 14.9 Å². The van der Waals surface area contributed by atoms with E-state index in [-0.39, 0.29) is 5.75 Å². The number of hydrogen-bond acceptors (Lipinski definition) is 6. The van der Waals surface area contributed by atoms with Crippen LogP contribution in [0.2, 0.25) is 0 Å². The van der Waals surface area contributed by atoms with Crippen LogP contribution in [0.25, 0.3) is 0 Å². The fourth-order valence-corrected chi connectivity index (χ4v) is 5.43. The van der Waals surface area contributed by atoms with Gasteiger partial charge in [0.2, 0.25) is 10.0 Å². The van der Waals surface area contributed by atoms with E-state index in [0.29, 0.717) is 31.7 Å². The van der Waals surface area contributed by atoms with Gasteiger partial charge in [-0.15, -0.1) is 0 Å². The van der Waals surface area contributed by atoms with E-state index >= 15 is 0 Å². The minimum Gasteiger partial charge on any atom is -0.356 e. The molecule has 2 saturated heterocycles. The Kier molecular flexibility index (Phi) is 6.07. The van der Waals surface area contributed by atoms with Gasteiger partial charge in [0, 0.05) is 45.3 Å². The monoisotopic (exact) mass is 455 g/mol. The Bertz CT molecular complexity index is 1000. The maximum absolute atomic E-state index is 12.8. The summed E-state index contributed by atoms with van der Waals surface area (Å²) in [4.78, 5) is 12.9. The van der Waals surface area contributed by atoms with Crippen LogP contribution in [0.5, 0.6) is 0 Å². The molecule has 0 N–H and O–H groups in total. The quantitative estimate of drug-likeness (QED) is 0.691. The maximum Gasteiger partial charge on any atom is 0.416 e. The summed E-state index contributed by atoms with van der Waals surface area (Å²) >= 11 is 0. The summed E-state index contributed by atoms with van der Waals surface area (Å²) in [6, 6.07) is 6.21. The van der Waals surface area contributed by atoms with Crippen molar-refractivity contribution >= 4 is 21.7 Å². The topological polar surface area (TPSA) is 69.6 Å². The zero-order valence-electron chi connectivity index (χ0n) is 16.9. The van der Waals surface area contributed by atoms with Gasteiger partial charge in [-0.3, -0.25) is 0 Å². The average Bonchev–Trinajstić information content (AvgIpc) is 3.28. The molecule has 4 rings (SSSR count). The van der Waals surface area contributed by atoms with Gasteiger partial charge in [0.25, 0.3) is 0 Å². The first-order chi connectivity index (χ1) is 14.7. The van der Waals surface area contributed by atoms with Gasteiger partial charge in [0.1, 0.15) is 18.0 Å². The van der Waals surface area contributed by atoms with Gasteiger partial charge in [0.05, 0.1) is 11.3 Å². The Morgan fingerprint density at radius 2 is 1.39 bits per heavy atom. The lowest BCUT2D eigenvalue weighted by atomic mass is 10.1. The summed E-state index contributed by atoms with van der Waals surface area (Å²) in [6.07, 6.45) is -0.607. The van der Waals surface area contributed by atoms with E-state index in [1.54, 1.807) is 0 Å². The van der Waals surface area contributed by atoms with Crippen molar-refractivity contribution in [1.82, 2.24) is 14.3 Å². The molecule has 11 heteroatoms. The number of anilines is 2. The number of benzene rings is 1. The molecule has 3 heterocycles. The van der Waals surface area contributed by atoms with Crippen LogP contribution in [-0.4, -0.2) is 62.0 Å². The second-order valence-corrected chi connectivity index (χ2v) is 9.73. The normalized spacial score (nSPS) is 18.5. The standard InChI is InChI=1S/C20H24F3N5O2S/c21-20(22,23)17-5-3-16(4-6-17)14-31(29,30)28-11-9-27(10-12-28)19-13-18(24-15-25-19)26-7-1-2-8-26/h3-6,13,15H,1-2,7-12,14H2. The Morgan fingerprint density at radius 3 is 1.94 bits per heavy atom. The van der Waals surface area contributed by atoms with E-state index in [1.807, 2.05) is 11.0 Å². The van der Waals surface area contributed by atoms with Crippen LogP contribution in [0.3, 0.4) is 0 Å². The van der Waals surface area contributed by atoms with Gasteiger partial charge < -0.3 is 9.80 Å².